The molecule has 0 saturated heterocycles. The first kappa shape index (κ1) is 8.59. The predicted molar refractivity (Wildman–Crippen MR) is 57.9 cm³/mol. The molecule has 2 rings (SSSR count). The Morgan fingerprint density at radius 3 is 2.92 bits per heavy atom. The molecule has 2 nitrogen and oxygen atoms in total. The zero-order valence-electron chi connectivity index (χ0n) is 5.76. The first-order valence-electron chi connectivity index (χ1n) is 3.16. The molecule has 2 aromatic heterocycles. The molecular formula is C7H3Cl2IN2. The van der Waals surface area contributed by atoms with Crippen molar-refractivity contribution in [3.05, 3.63) is 32.2 Å². The molecule has 0 N–H and O–H groups in total. The monoisotopic (exact) mass is 312 g/mol. The van der Waals surface area contributed by atoms with Gasteiger partial charge in [0.1, 0.15) is 3.70 Å². The highest BCUT2D eigenvalue weighted by molar-refractivity contribution is 14.1. The van der Waals surface area contributed by atoms with Crippen LogP contribution in [0, 0.1) is 3.70 Å². The van der Waals surface area contributed by atoms with Gasteiger partial charge in [-0.3, -0.25) is 4.40 Å². The van der Waals surface area contributed by atoms with Gasteiger partial charge in [0.2, 0.25) is 0 Å². The molecule has 2 heterocycles. The zero-order chi connectivity index (χ0) is 8.72. The van der Waals surface area contributed by atoms with Crippen molar-refractivity contribution in [2.45, 2.75) is 0 Å². The summed E-state index contributed by atoms with van der Waals surface area (Å²) in [5, 5.41) is 1.19. The van der Waals surface area contributed by atoms with Crippen LogP contribution in [0.3, 0.4) is 0 Å². The van der Waals surface area contributed by atoms with Gasteiger partial charge in [0.05, 0.1) is 16.2 Å². The smallest absolute Gasteiger partial charge is 0.156 e. The normalized spacial score (nSPS) is 10.9. The van der Waals surface area contributed by atoms with E-state index in [0.717, 1.165) is 9.35 Å². The maximum atomic E-state index is 5.90. The highest BCUT2D eigenvalue weighted by Crippen LogP contribution is 2.22. The second-order valence-electron chi connectivity index (χ2n) is 2.28. The molecule has 0 aliphatic rings. The number of imidazole rings is 1. The van der Waals surface area contributed by atoms with Gasteiger partial charge in [-0.15, -0.1) is 0 Å². The summed E-state index contributed by atoms with van der Waals surface area (Å²) in [6.07, 6.45) is 3.54. The molecule has 0 unspecified atom stereocenters. The van der Waals surface area contributed by atoms with E-state index < -0.39 is 0 Å². The van der Waals surface area contributed by atoms with E-state index in [-0.39, 0.29) is 0 Å². The summed E-state index contributed by atoms with van der Waals surface area (Å²) in [5.41, 5.74) is 0.741. The lowest BCUT2D eigenvalue weighted by molar-refractivity contribution is 1.15. The molecule has 2 aromatic rings. The summed E-state index contributed by atoms with van der Waals surface area (Å²) >= 11 is 13.9. The lowest BCUT2D eigenvalue weighted by Gasteiger charge is -1.97. The molecule has 0 bridgehead atoms. The third-order valence-corrected chi connectivity index (χ3v) is 2.77. The molecule has 12 heavy (non-hydrogen) atoms. The zero-order valence-corrected chi connectivity index (χ0v) is 9.43. The van der Waals surface area contributed by atoms with Crippen molar-refractivity contribution in [2.24, 2.45) is 0 Å². The van der Waals surface area contributed by atoms with Crippen LogP contribution in [0.4, 0.5) is 0 Å². The maximum absolute atomic E-state index is 5.90. The Bertz CT molecular complexity index is 438. The first-order valence-corrected chi connectivity index (χ1v) is 4.99. The summed E-state index contributed by atoms with van der Waals surface area (Å²) in [5.74, 6) is 0. The quantitative estimate of drug-likeness (QED) is 0.683. The van der Waals surface area contributed by atoms with Crippen molar-refractivity contribution in [3.63, 3.8) is 0 Å². The number of rotatable bonds is 0. The van der Waals surface area contributed by atoms with Crippen LogP contribution in [0.5, 0.6) is 0 Å². The van der Waals surface area contributed by atoms with Crippen LogP contribution in [0.2, 0.25) is 10.0 Å². The number of fused-ring (bicyclic) bond motifs is 1. The van der Waals surface area contributed by atoms with E-state index in [1.807, 2.05) is 4.40 Å². The van der Waals surface area contributed by atoms with Gasteiger partial charge in [0.25, 0.3) is 0 Å². The number of aromatic nitrogens is 2. The molecule has 0 saturated carbocycles. The van der Waals surface area contributed by atoms with Gasteiger partial charge in [-0.2, -0.15) is 0 Å². The van der Waals surface area contributed by atoms with Gasteiger partial charge in [0, 0.05) is 6.20 Å². The summed E-state index contributed by atoms with van der Waals surface area (Å²) in [6, 6.07) is 1.68. The van der Waals surface area contributed by atoms with E-state index in [0.29, 0.717) is 10.0 Å². The second-order valence-corrected chi connectivity index (χ2v) is 4.23. The van der Waals surface area contributed by atoms with Gasteiger partial charge in [0.15, 0.2) is 5.65 Å². The Morgan fingerprint density at radius 2 is 2.17 bits per heavy atom. The third-order valence-electron chi connectivity index (χ3n) is 1.48. The maximum Gasteiger partial charge on any atom is 0.156 e. The summed E-state index contributed by atoms with van der Waals surface area (Å²) in [6.45, 7) is 0. The van der Waals surface area contributed by atoms with Crippen LogP contribution in [0.25, 0.3) is 5.65 Å². The molecule has 0 spiro atoms. The molecule has 0 radical (unpaired) electrons. The van der Waals surface area contributed by atoms with Crippen molar-refractivity contribution < 1.29 is 0 Å². The van der Waals surface area contributed by atoms with E-state index >= 15 is 0 Å². The van der Waals surface area contributed by atoms with Gasteiger partial charge < -0.3 is 0 Å². The average molecular weight is 313 g/mol. The Hall–Kier alpha value is -0.000000000000000111. The topological polar surface area (TPSA) is 17.3 Å². The Morgan fingerprint density at radius 1 is 1.42 bits per heavy atom. The van der Waals surface area contributed by atoms with Gasteiger partial charge in [-0.05, 0) is 28.7 Å². The van der Waals surface area contributed by atoms with Gasteiger partial charge >= 0.3 is 0 Å². The number of hydrogen-bond acceptors (Lipinski definition) is 1. The fourth-order valence-electron chi connectivity index (χ4n) is 0.986. The van der Waals surface area contributed by atoms with E-state index in [9.17, 15) is 0 Å². The highest BCUT2D eigenvalue weighted by Gasteiger charge is 2.04. The van der Waals surface area contributed by atoms with E-state index in [1.54, 1.807) is 18.5 Å². The van der Waals surface area contributed by atoms with Gasteiger partial charge in [-0.25, -0.2) is 4.98 Å². The van der Waals surface area contributed by atoms with Crippen molar-refractivity contribution >= 4 is 51.4 Å². The fourth-order valence-corrected chi connectivity index (χ4v) is 2.01. The molecule has 5 heteroatoms. The molecule has 62 valence electrons. The summed E-state index contributed by atoms with van der Waals surface area (Å²) < 4.78 is 2.85. The first-order chi connectivity index (χ1) is 5.68. The number of hydrogen-bond donors (Lipinski definition) is 0. The third kappa shape index (κ3) is 1.30. The fraction of sp³-hybridized carbons (Fsp3) is 0. The van der Waals surface area contributed by atoms with Crippen LogP contribution in [0.15, 0.2) is 18.5 Å². The van der Waals surface area contributed by atoms with Crippen molar-refractivity contribution in [3.8, 4) is 0 Å². The minimum atomic E-state index is 0.574. The van der Waals surface area contributed by atoms with Crippen molar-refractivity contribution in [2.75, 3.05) is 0 Å². The number of nitrogens with zero attached hydrogens (tertiary/aromatic N) is 2. The molecule has 0 amide bonds. The molecule has 0 aliphatic heterocycles. The average Bonchev–Trinajstić information content (AvgIpc) is 2.33. The summed E-state index contributed by atoms with van der Waals surface area (Å²) in [4.78, 5) is 4.12. The minimum Gasteiger partial charge on any atom is -0.292 e. The molecule has 0 fully saturated rings. The molecule has 0 aromatic carbocycles. The van der Waals surface area contributed by atoms with Crippen molar-refractivity contribution in [1.82, 2.24) is 9.38 Å². The van der Waals surface area contributed by atoms with Crippen molar-refractivity contribution in [1.29, 1.82) is 0 Å². The predicted octanol–water partition coefficient (Wildman–Crippen LogP) is 3.25. The Kier molecular flexibility index (Phi) is 2.18. The highest BCUT2D eigenvalue weighted by atomic mass is 127. The van der Waals surface area contributed by atoms with Crippen LogP contribution >= 0.6 is 45.8 Å². The molecule has 0 atom stereocenters. The minimum absolute atomic E-state index is 0.574. The SMILES string of the molecule is Clc1cc(Cl)c2ncc(I)n2c1. The van der Waals surface area contributed by atoms with Crippen LogP contribution in [-0.2, 0) is 0 Å². The van der Waals surface area contributed by atoms with E-state index in [4.69, 9.17) is 23.2 Å². The molecular weight excluding hydrogens is 310 g/mol. The second kappa shape index (κ2) is 3.05. The van der Waals surface area contributed by atoms with E-state index in [2.05, 4.69) is 27.6 Å². The van der Waals surface area contributed by atoms with Crippen LogP contribution in [-0.4, -0.2) is 9.38 Å². The Labute approximate surface area is 92.6 Å². The Balaban J connectivity index is 2.92. The largest absolute Gasteiger partial charge is 0.292 e. The number of halogens is 3. The number of pyridine rings is 1. The standard InChI is InChI=1S/C7H3Cl2IN2/c8-4-1-5(9)7-11-2-6(10)12(7)3-4/h1-3H. The van der Waals surface area contributed by atoms with Crippen LogP contribution in [0.1, 0.15) is 0 Å². The lowest BCUT2D eigenvalue weighted by atomic mass is 10.5. The van der Waals surface area contributed by atoms with E-state index in [1.165, 1.54) is 0 Å². The summed E-state index contributed by atoms with van der Waals surface area (Å²) in [7, 11) is 0. The molecule has 0 aliphatic carbocycles. The van der Waals surface area contributed by atoms with Gasteiger partial charge in [-0.1, -0.05) is 23.2 Å². The van der Waals surface area contributed by atoms with Crippen LogP contribution < -0.4 is 0 Å². The lowest BCUT2D eigenvalue weighted by Crippen LogP contribution is -1.86.